The van der Waals surface area contributed by atoms with Crippen molar-refractivity contribution < 1.29 is 18.9 Å². The number of urea groups is 1. The van der Waals surface area contributed by atoms with Gasteiger partial charge in [0.2, 0.25) is 11.9 Å². The first-order valence-electron chi connectivity index (χ1n) is 11.4. The van der Waals surface area contributed by atoms with Crippen molar-refractivity contribution in [2.75, 3.05) is 64.4 Å². The van der Waals surface area contributed by atoms with Crippen molar-refractivity contribution in [3.8, 4) is 0 Å². The minimum absolute atomic E-state index is 0.173. The van der Waals surface area contributed by atoms with E-state index in [1.807, 2.05) is 0 Å². The summed E-state index contributed by atoms with van der Waals surface area (Å²) < 4.78 is 7.48. The molecule has 1 aromatic carbocycles. The molecule has 170 valence electrons. The number of fused-ring (bicyclic) bond motifs is 2. The van der Waals surface area contributed by atoms with Crippen molar-refractivity contribution in [1.29, 1.82) is 0 Å². The van der Waals surface area contributed by atoms with Crippen molar-refractivity contribution >= 4 is 29.4 Å². The molecule has 0 aromatic heterocycles. The third kappa shape index (κ3) is 3.59. The molecule has 9 nitrogen and oxygen atoms in total. The normalized spacial score (nSPS) is 26.5. The number of rotatable bonds is 4. The first-order valence-corrected chi connectivity index (χ1v) is 11.4. The van der Waals surface area contributed by atoms with Crippen LogP contribution in [-0.4, -0.2) is 109 Å². The lowest BCUT2D eigenvalue weighted by Crippen LogP contribution is -2.64. The van der Waals surface area contributed by atoms with Crippen LogP contribution in [0.3, 0.4) is 0 Å². The number of aliphatic imine (C=N–C) groups is 1. The summed E-state index contributed by atoms with van der Waals surface area (Å²) in [6.45, 7) is 9.91. The molecule has 4 heterocycles. The average Bonchev–Trinajstić information content (AvgIpc) is 3.18. The summed E-state index contributed by atoms with van der Waals surface area (Å²) in [4.78, 5) is 38.8. The number of morpholine rings is 1. The molecule has 1 aromatic rings. The summed E-state index contributed by atoms with van der Waals surface area (Å²) in [7, 11) is 1.72. The number of carbonyl (C=O) groups is 2. The van der Waals surface area contributed by atoms with Crippen LogP contribution in [0.15, 0.2) is 29.3 Å². The molecular weight excluding hydrogens is 408 g/mol. The Morgan fingerprint density at radius 3 is 2.56 bits per heavy atom. The van der Waals surface area contributed by atoms with Crippen LogP contribution < -0.4 is 4.90 Å². The van der Waals surface area contributed by atoms with E-state index in [0.717, 1.165) is 37.8 Å². The molecule has 0 radical (unpaired) electrons. The zero-order valence-electron chi connectivity index (χ0n) is 19.0. The van der Waals surface area contributed by atoms with E-state index < -0.39 is 6.04 Å². The predicted molar refractivity (Wildman–Crippen MR) is 121 cm³/mol. The van der Waals surface area contributed by atoms with Crippen LogP contribution >= 0.6 is 0 Å². The molecule has 0 bridgehead atoms. The van der Waals surface area contributed by atoms with Crippen LogP contribution in [0.5, 0.6) is 0 Å². The quantitative estimate of drug-likeness (QED) is 0.650. The molecule has 9 heteroatoms. The van der Waals surface area contributed by atoms with E-state index in [9.17, 15) is 9.59 Å². The van der Waals surface area contributed by atoms with Gasteiger partial charge in [0, 0.05) is 39.1 Å². The van der Waals surface area contributed by atoms with Crippen molar-refractivity contribution in [2.45, 2.75) is 19.9 Å². The molecular formula is C23H31N6O3+. The second-order valence-corrected chi connectivity index (χ2v) is 9.16. The topological polar surface area (TPSA) is 71.7 Å². The maximum absolute atomic E-state index is 13.6. The summed E-state index contributed by atoms with van der Waals surface area (Å²) in [5.41, 5.74) is 2.25. The number of nitrogens with zero attached hydrogens (tertiary/aromatic N) is 6. The molecule has 0 saturated carbocycles. The van der Waals surface area contributed by atoms with Crippen molar-refractivity contribution in [1.82, 2.24) is 14.7 Å². The molecule has 2 atom stereocenters. The van der Waals surface area contributed by atoms with E-state index >= 15 is 0 Å². The highest BCUT2D eigenvalue weighted by atomic mass is 16.5. The minimum Gasteiger partial charge on any atom is -0.379 e. The van der Waals surface area contributed by atoms with Gasteiger partial charge in [-0.1, -0.05) is 29.6 Å². The van der Waals surface area contributed by atoms with E-state index in [1.165, 1.54) is 10.5 Å². The lowest BCUT2D eigenvalue weighted by molar-refractivity contribution is -0.545. The Morgan fingerprint density at radius 1 is 1.12 bits per heavy atom. The van der Waals surface area contributed by atoms with Gasteiger partial charge >= 0.3 is 12.0 Å². The fourth-order valence-corrected chi connectivity index (χ4v) is 4.91. The molecule has 0 N–H and O–H groups in total. The van der Waals surface area contributed by atoms with Crippen LogP contribution in [-0.2, 0) is 9.53 Å². The first kappa shape index (κ1) is 21.1. The highest BCUT2D eigenvalue weighted by Crippen LogP contribution is 2.28. The number of imide groups is 1. The van der Waals surface area contributed by atoms with Crippen LogP contribution in [0.4, 0.5) is 10.5 Å². The van der Waals surface area contributed by atoms with E-state index in [1.54, 1.807) is 11.9 Å². The van der Waals surface area contributed by atoms with Crippen molar-refractivity contribution in [3.63, 3.8) is 0 Å². The fourth-order valence-electron chi connectivity index (χ4n) is 4.91. The van der Waals surface area contributed by atoms with E-state index in [2.05, 4.69) is 52.5 Å². The number of amidine groups is 1. The Bertz CT molecular complexity index is 982. The third-order valence-corrected chi connectivity index (χ3v) is 6.72. The lowest BCUT2D eigenvalue weighted by Gasteiger charge is -2.36. The Labute approximate surface area is 188 Å². The standard InChI is InChI=1S/C23H31N6O3/c1-16-4-6-18(7-5-16)28-14-17(2)15-29-19-20(24-22(28)29)25(3)23(31)27(21(19)30)9-8-26-10-12-32-13-11-26/h4-7,17,19H,8-15H2,1-3H3/q+1. The minimum atomic E-state index is -0.548. The molecule has 2 fully saturated rings. The number of guanidine groups is 1. The molecule has 0 aliphatic carbocycles. The van der Waals surface area contributed by atoms with E-state index in [4.69, 9.17) is 9.73 Å². The summed E-state index contributed by atoms with van der Waals surface area (Å²) in [5.74, 6) is 1.47. The third-order valence-electron chi connectivity index (χ3n) is 6.72. The zero-order chi connectivity index (χ0) is 22.4. The number of hydrogen-bond donors (Lipinski definition) is 0. The summed E-state index contributed by atoms with van der Waals surface area (Å²) in [6.07, 6.45) is 0. The van der Waals surface area contributed by atoms with Gasteiger partial charge in [-0.3, -0.25) is 19.5 Å². The Morgan fingerprint density at radius 2 is 1.84 bits per heavy atom. The first-order chi connectivity index (χ1) is 15.4. The van der Waals surface area contributed by atoms with Gasteiger partial charge in [0.05, 0.1) is 26.3 Å². The smallest absolute Gasteiger partial charge is 0.379 e. The van der Waals surface area contributed by atoms with Crippen LogP contribution in [0.25, 0.3) is 0 Å². The summed E-state index contributed by atoms with van der Waals surface area (Å²) in [6, 6.07) is 7.51. The van der Waals surface area contributed by atoms with Gasteiger partial charge in [-0.25, -0.2) is 14.3 Å². The molecule has 4 aliphatic heterocycles. The second kappa shape index (κ2) is 8.29. The van der Waals surface area contributed by atoms with Crippen LogP contribution in [0.2, 0.25) is 0 Å². The second-order valence-electron chi connectivity index (χ2n) is 9.16. The van der Waals surface area contributed by atoms with Gasteiger partial charge in [0.1, 0.15) is 5.69 Å². The SMILES string of the molecule is Cc1ccc(N2CC(C)C[N+]3=C2N=C2C3C(=O)N(CCN3CCOCC3)C(=O)N2C)cc1. The average molecular weight is 440 g/mol. The maximum atomic E-state index is 13.6. The van der Waals surface area contributed by atoms with E-state index in [-0.39, 0.29) is 11.9 Å². The zero-order valence-corrected chi connectivity index (χ0v) is 19.0. The van der Waals surface area contributed by atoms with Gasteiger partial charge in [-0.15, -0.1) is 0 Å². The number of ether oxygens (including phenoxy) is 1. The maximum Gasteiger partial charge on any atom is 0.397 e. The van der Waals surface area contributed by atoms with Crippen molar-refractivity contribution in [3.05, 3.63) is 29.8 Å². The number of anilines is 1. The lowest BCUT2D eigenvalue weighted by atomic mass is 10.1. The van der Waals surface area contributed by atoms with Gasteiger partial charge in [-0.2, -0.15) is 0 Å². The Balaban J connectivity index is 1.43. The molecule has 0 spiro atoms. The fraction of sp³-hybridized carbons (Fsp3) is 0.565. The number of amides is 3. The van der Waals surface area contributed by atoms with Crippen molar-refractivity contribution in [2.24, 2.45) is 10.9 Å². The van der Waals surface area contributed by atoms with Gasteiger partial charge in [0.15, 0.2) is 0 Å². The molecule has 5 rings (SSSR count). The number of hydrogen-bond acceptors (Lipinski definition) is 6. The number of likely N-dealkylation sites (N-methyl/N-ethyl adjacent to an activating group) is 1. The number of carbonyl (C=O) groups excluding carboxylic acids is 2. The van der Waals surface area contributed by atoms with Gasteiger partial charge < -0.3 is 4.74 Å². The summed E-state index contributed by atoms with van der Waals surface area (Å²) in [5, 5.41) is 0. The highest BCUT2D eigenvalue weighted by Gasteiger charge is 2.55. The largest absolute Gasteiger partial charge is 0.397 e. The predicted octanol–water partition coefficient (Wildman–Crippen LogP) is 0.827. The number of benzene rings is 1. The van der Waals surface area contributed by atoms with E-state index in [0.29, 0.717) is 38.1 Å². The summed E-state index contributed by atoms with van der Waals surface area (Å²) >= 11 is 0. The molecule has 32 heavy (non-hydrogen) atoms. The monoisotopic (exact) mass is 439 g/mol. The Kier molecular flexibility index (Phi) is 5.46. The Hall–Kier alpha value is -2.78. The molecule has 4 aliphatic rings. The molecule has 2 saturated heterocycles. The van der Waals surface area contributed by atoms with Gasteiger partial charge in [-0.05, 0) is 19.1 Å². The molecule has 2 unspecified atom stereocenters. The van der Waals surface area contributed by atoms with Crippen LogP contribution in [0.1, 0.15) is 12.5 Å². The highest BCUT2D eigenvalue weighted by molar-refractivity contribution is 6.24. The van der Waals surface area contributed by atoms with Gasteiger partial charge in [0.25, 0.3) is 5.91 Å². The molecule has 3 amide bonds. The van der Waals surface area contributed by atoms with Crippen LogP contribution in [0, 0.1) is 12.8 Å². The number of aryl methyl sites for hydroxylation is 1.